The van der Waals surface area contributed by atoms with Crippen molar-refractivity contribution in [1.29, 1.82) is 0 Å². The number of methoxy groups -OCH3 is 1. The number of hydrogen-bond donors (Lipinski definition) is 1. The van der Waals surface area contributed by atoms with Crippen molar-refractivity contribution in [2.24, 2.45) is 0 Å². The normalized spacial score (nSPS) is 11.5. The van der Waals surface area contributed by atoms with Crippen molar-refractivity contribution in [2.45, 2.75) is 25.9 Å². The molecule has 1 N–H and O–H groups in total. The van der Waals surface area contributed by atoms with Gasteiger partial charge in [-0.15, -0.1) is 0 Å². The lowest BCUT2D eigenvalue weighted by Gasteiger charge is -2.23. The monoisotopic (exact) mass is 618 g/mol. The summed E-state index contributed by atoms with van der Waals surface area (Å²) in [6.45, 7) is 1.82. The van der Waals surface area contributed by atoms with E-state index < -0.39 is 17.9 Å². The summed E-state index contributed by atoms with van der Waals surface area (Å²) in [6, 6.07) is 20.5. The van der Waals surface area contributed by atoms with Crippen LogP contribution in [0.2, 0.25) is 10.0 Å². The van der Waals surface area contributed by atoms with Gasteiger partial charge >= 0.3 is 11.9 Å². The van der Waals surface area contributed by atoms with Gasteiger partial charge in [-0.2, -0.15) is 0 Å². The molecule has 11 heteroatoms. The predicted molar refractivity (Wildman–Crippen MR) is 165 cm³/mol. The van der Waals surface area contributed by atoms with Crippen molar-refractivity contribution in [2.75, 3.05) is 12.0 Å². The van der Waals surface area contributed by atoms with E-state index in [9.17, 15) is 14.4 Å². The van der Waals surface area contributed by atoms with Crippen LogP contribution < -0.4 is 15.0 Å². The second kappa shape index (κ2) is 14.9. The van der Waals surface area contributed by atoms with Crippen LogP contribution in [0.4, 0.5) is 11.6 Å². The molecule has 0 aliphatic carbocycles. The third-order valence-corrected chi connectivity index (χ3v) is 6.82. The molecule has 0 bridgehead atoms. The van der Waals surface area contributed by atoms with Gasteiger partial charge in [0.15, 0.2) is 0 Å². The quantitative estimate of drug-likeness (QED) is 0.151. The summed E-state index contributed by atoms with van der Waals surface area (Å²) < 4.78 is 10.0. The molecule has 0 saturated heterocycles. The smallest absolute Gasteiger partial charge is 0.328 e. The second-order valence-electron chi connectivity index (χ2n) is 9.25. The van der Waals surface area contributed by atoms with Gasteiger partial charge in [0.25, 0.3) is 5.91 Å². The Bertz CT molecular complexity index is 1580. The lowest BCUT2D eigenvalue weighted by Crippen LogP contribution is -2.41. The van der Waals surface area contributed by atoms with Crippen LogP contribution in [-0.2, 0) is 20.9 Å². The minimum Gasteiger partial charge on any atom is -0.467 e. The first kappa shape index (κ1) is 31.2. The highest BCUT2D eigenvalue weighted by atomic mass is 35.5. The number of carbonyl (C=O) groups is 3. The highest BCUT2D eigenvalue weighted by Gasteiger charge is 2.23. The molecule has 1 aromatic heterocycles. The number of hydrogen-bond acceptors (Lipinski definition) is 8. The Morgan fingerprint density at radius 3 is 2.19 bits per heavy atom. The average Bonchev–Trinajstić information content (AvgIpc) is 3.00. The number of amides is 1. The number of anilines is 2. The molecule has 0 fully saturated rings. The number of ether oxygens (including phenoxy) is 2. The maximum atomic E-state index is 12.8. The maximum absolute atomic E-state index is 12.8. The topological polar surface area (TPSA) is 111 Å². The zero-order valence-electron chi connectivity index (χ0n) is 23.4. The molecule has 1 unspecified atom stereocenters. The van der Waals surface area contributed by atoms with Gasteiger partial charge in [-0.3, -0.25) is 9.59 Å². The number of aromatic nitrogens is 2. The third kappa shape index (κ3) is 8.64. The van der Waals surface area contributed by atoms with E-state index in [2.05, 4.69) is 15.3 Å². The first-order valence-electron chi connectivity index (χ1n) is 13.2. The van der Waals surface area contributed by atoms with Crippen LogP contribution in [0.25, 0.3) is 6.08 Å². The molecule has 43 heavy (non-hydrogen) atoms. The van der Waals surface area contributed by atoms with Crippen molar-refractivity contribution in [3.63, 3.8) is 0 Å². The lowest BCUT2D eigenvalue weighted by molar-refractivity contribution is -0.142. The predicted octanol–water partition coefficient (Wildman–Crippen LogP) is 6.42. The van der Waals surface area contributed by atoms with Crippen LogP contribution in [0, 0.1) is 0 Å². The fourth-order valence-corrected chi connectivity index (χ4v) is 4.70. The third-order valence-electron chi connectivity index (χ3n) is 6.19. The molecule has 3 aromatic carbocycles. The van der Waals surface area contributed by atoms with E-state index in [1.54, 1.807) is 54.9 Å². The largest absolute Gasteiger partial charge is 0.467 e. The molecular formula is C32H28Cl2N4O5. The zero-order chi connectivity index (χ0) is 30.8. The Morgan fingerprint density at radius 2 is 1.58 bits per heavy atom. The number of esters is 2. The van der Waals surface area contributed by atoms with Crippen LogP contribution in [0.3, 0.4) is 0 Å². The van der Waals surface area contributed by atoms with Crippen molar-refractivity contribution in [3.8, 4) is 5.75 Å². The van der Waals surface area contributed by atoms with Gasteiger partial charge in [0.05, 0.1) is 29.3 Å². The zero-order valence-corrected chi connectivity index (χ0v) is 24.9. The molecule has 4 rings (SSSR count). The van der Waals surface area contributed by atoms with Gasteiger partial charge in [0.2, 0.25) is 5.95 Å². The summed E-state index contributed by atoms with van der Waals surface area (Å²) in [4.78, 5) is 47.2. The van der Waals surface area contributed by atoms with E-state index in [1.807, 2.05) is 47.4 Å². The molecule has 220 valence electrons. The van der Waals surface area contributed by atoms with Crippen molar-refractivity contribution in [3.05, 3.63) is 118 Å². The summed E-state index contributed by atoms with van der Waals surface area (Å²) in [5.41, 5.74) is 2.77. The molecule has 1 heterocycles. The second-order valence-corrected chi connectivity index (χ2v) is 10.1. The van der Waals surface area contributed by atoms with E-state index in [1.165, 1.54) is 14.0 Å². The lowest BCUT2D eigenvalue weighted by atomic mass is 10.1. The van der Waals surface area contributed by atoms with Gasteiger partial charge < -0.3 is 19.7 Å². The van der Waals surface area contributed by atoms with Crippen LogP contribution in [0.5, 0.6) is 5.75 Å². The number of nitrogens with one attached hydrogen (secondary N) is 1. The number of benzene rings is 3. The van der Waals surface area contributed by atoms with Crippen molar-refractivity contribution in [1.82, 2.24) is 15.3 Å². The van der Waals surface area contributed by atoms with E-state index in [0.717, 1.165) is 16.8 Å². The van der Waals surface area contributed by atoms with Crippen molar-refractivity contribution >= 4 is 58.8 Å². The van der Waals surface area contributed by atoms with Gasteiger partial charge in [-0.25, -0.2) is 14.8 Å². The van der Waals surface area contributed by atoms with Gasteiger partial charge in [-0.05, 0) is 60.0 Å². The number of carbonyl (C=O) groups excluding carboxylic acids is 3. The molecule has 0 saturated carbocycles. The summed E-state index contributed by atoms with van der Waals surface area (Å²) >= 11 is 12.3. The minimum absolute atomic E-state index is 0.0894. The van der Waals surface area contributed by atoms with E-state index in [4.69, 9.17) is 32.7 Å². The summed E-state index contributed by atoms with van der Waals surface area (Å²) in [5, 5.41) is 3.01. The van der Waals surface area contributed by atoms with E-state index in [-0.39, 0.29) is 28.0 Å². The van der Waals surface area contributed by atoms with Gasteiger partial charge in [0, 0.05) is 25.0 Å². The summed E-state index contributed by atoms with van der Waals surface area (Å²) in [5.74, 6) is -0.570. The molecule has 0 radical (unpaired) electrons. The number of rotatable bonds is 11. The van der Waals surface area contributed by atoms with Gasteiger partial charge in [-0.1, -0.05) is 65.7 Å². The Kier molecular flexibility index (Phi) is 10.9. The minimum atomic E-state index is -0.946. The first-order valence-corrected chi connectivity index (χ1v) is 13.9. The summed E-state index contributed by atoms with van der Waals surface area (Å²) in [7, 11) is 1.25. The molecule has 0 aliphatic rings. The molecule has 9 nitrogen and oxygen atoms in total. The fourth-order valence-electron chi connectivity index (χ4n) is 4.13. The number of nitrogens with zero attached hydrogens (tertiary/aromatic N) is 3. The molecule has 4 aromatic rings. The van der Waals surface area contributed by atoms with Crippen molar-refractivity contribution < 1.29 is 23.9 Å². The molecular weight excluding hydrogens is 591 g/mol. The Labute approximate surface area is 259 Å². The highest BCUT2D eigenvalue weighted by molar-refractivity contribution is 6.39. The Balaban J connectivity index is 1.47. The average molecular weight is 620 g/mol. The Morgan fingerprint density at radius 1 is 0.930 bits per heavy atom. The fraction of sp³-hybridized carbons (Fsp3) is 0.156. The van der Waals surface area contributed by atoms with Gasteiger partial charge in [0.1, 0.15) is 11.8 Å². The highest BCUT2D eigenvalue weighted by Crippen LogP contribution is 2.27. The van der Waals surface area contributed by atoms with Crippen LogP contribution in [-0.4, -0.2) is 41.0 Å². The van der Waals surface area contributed by atoms with Crippen LogP contribution in [0.15, 0.2) is 91.3 Å². The molecule has 0 aliphatic heterocycles. The summed E-state index contributed by atoms with van der Waals surface area (Å²) in [6.07, 6.45) is 7.13. The molecule has 0 spiro atoms. The molecule has 1 atom stereocenters. The SMILES string of the molecule is COC(=O)C(C/C=C/c1ccc(N(Cc2ccc(OC(C)=O)cc2)c2ncccn2)cc1)NC(=O)c1c(Cl)cccc1Cl. The maximum Gasteiger partial charge on any atom is 0.328 e. The Hall–Kier alpha value is -4.73. The standard InChI is InChI=1S/C32H28Cl2N4O5/c1-21(39)43-25-16-12-23(13-17-25)20-38(32-35-18-5-19-36-32)24-14-10-22(11-15-24)6-3-9-28(31(41)42-2)37-30(40)29-26(33)7-4-8-27(29)34/h3-8,10-19,28H,9,20H2,1-2H3,(H,37,40)/b6-3+. The van der Waals surface area contributed by atoms with E-state index in [0.29, 0.717) is 18.2 Å². The van der Waals surface area contributed by atoms with E-state index >= 15 is 0 Å². The first-order chi connectivity index (χ1) is 20.7. The number of halogens is 2. The van der Waals surface area contributed by atoms with Crippen LogP contribution in [0.1, 0.15) is 34.8 Å². The molecule has 1 amide bonds. The van der Waals surface area contributed by atoms with Crippen LogP contribution >= 0.6 is 23.2 Å².